The van der Waals surface area contributed by atoms with Gasteiger partial charge in [-0.3, -0.25) is 10.1 Å². The summed E-state index contributed by atoms with van der Waals surface area (Å²) in [5.41, 5.74) is 3.08. The predicted molar refractivity (Wildman–Crippen MR) is 102 cm³/mol. The average molecular weight is 375 g/mol. The lowest BCUT2D eigenvalue weighted by molar-refractivity contribution is 0.102. The van der Waals surface area contributed by atoms with E-state index in [2.05, 4.69) is 16.4 Å². The standard InChI is InChI=1S/C18H15ClN2OS2/c1-10-15(12-4-6-13(19)7-5-12)20-18(24-10)21-17(22)16-14(8-9-23-16)11-2-3-11/h4-9,11H,2-3H2,1H3,(H,20,21,22). The van der Waals surface area contributed by atoms with E-state index in [4.69, 9.17) is 11.6 Å². The van der Waals surface area contributed by atoms with Gasteiger partial charge in [0.15, 0.2) is 5.13 Å². The zero-order valence-electron chi connectivity index (χ0n) is 13.0. The molecule has 1 aromatic carbocycles. The van der Waals surface area contributed by atoms with E-state index in [1.54, 1.807) is 0 Å². The van der Waals surface area contributed by atoms with Gasteiger partial charge in [0.25, 0.3) is 5.91 Å². The van der Waals surface area contributed by atoms with Crippen molar-refractivity contribution in [2.45, 2.75) is 25.7 Å². The van der Waals surface area contributed by atoms with E-state index in [1.807, 2.05) is 36.6 Å². The van der Waals surface area contributed by atoms with E-state index in [0.29, 0.717) is 16.1 Å². The maximum atomic E-state index is 12.6. The molecule has 0 saturated heterocycles. The minimum Gasteiger partial charge on any atom is -0.297 e. The molecule has 0 bridgehead atoms. The van der Waals surface area contributed by atoms with Crippen molar-refractivity contribution < 1.29 is 4.79 Å². The number of hydrogen-bond donors (Lipinski definition) is 1. The Morgan fingerprint density at radius 1 is 1.25 bits per heavy atom. The maximum absolute atomic E-state index is 12.6. The molecular formula is C18H15ClN2OS2. The van der Waals surface area contributed by atoms with E-state index in [-0.39, 0.29) is 5.91 Å². The highest BCUT2D eigenvalue weighted by Crippen LogP contribution is 2.43. The number of amides is 1. The van der Waals surface area contributed by atoms with Crippen molar-refractivity contribution >= 4 is 45.3 Å². The number of thiophene rings is 1. The highest BCUT2D eigenvalue weighted by atomic mass is 35.5. The predicted octanol–water partition coefficient (Wildman–Crippen LogP) is 5.96. The molecule has 1 aliphatic carbocycles. The van der Waals surface area contributed by atoms with Gasteiger partial charge < -0.3 is 0 Å². The van der Waals surface area contributed by atoms with E-state index < -0.39 is 0 Å². The van der Waals surface area contributed by atoms with Crippen LogP contribution >= 0.6 is 34.3 Å². The number of aromatic nitrogens is 1. The fourth-order valence-corrected chi connectivity index (χ4v) is 4.54. The largest absolute Gasteiger partial charge is 0.297 e. The molecular weight excluding hydrogens is 360 g/mol. The lowest BCUT2D eigenvalue weighted by atomic mass is 10.1. The molecule has 6 heteroatoms. The second kappa shape index (κ2) is 6.31. The average Bonchev–Trinajstić information content (AvgIpc) is 3.17. The van der Waals surface area contributed by atoms with Crippen LogP contribution in [0, 0.1) is 6.92 Å². The molecule has 3 aromatic rings. The molecule has 3 nitrogen and oxygen atoms in total. The Bertz CT molecular complexity index is 894. The minimum absolute atomic E-state index is 0.0525. The summed E-state index contributed by atoms with van der Waals surface area (Å²) in [5.74, 6) is 0.517. The Labute approximate surface area is 153 Å². The number of nitrogens with one attached hydrogen (secondary N) is 1. The number of aryl methyl sites for hydroxylation is 1. The third-order valence-corrected chi connectivity index (χ3v) is 6.12. The summed E-state index contributed by atoms with van der Waals surface area (Å²) >= 11 is 8.94. The van der Waals surface area contributed by atoms with Crippen molar-refractivity contribution in [1.82, 2.24) is 4.98 Å². The van der Waals surface area contributed by atoms with Crippen molar-refractivity contribution in [2.75, 3.05) is 5.32 Å². The zero-order valence-corrected chi connectivity index (χ0v) is 15.4. The van der Waals surface area contributed by atoms with Crippen molar-refractivity contribution in [1.29, 1.82) is 0 Å². The first-order valence-electron chi connectivity index (χ1n) is 7.74. The summed E-state index contributed by atoms with van der Waals surface area (Å²) in [6.45, 7) is 2.01. The SMILES string of the molecule is Cc1sc(NC(=O)c2sccc2C2CC2)nc1-c1ccc(Cl)cc1. The van der Waals surface area contributed by atoms with Gasteiger partial charge in [0.05, 0.1) is 10.6 Å². The number of nitrogens with zero attached hydrogens (tertiary/aromatic N) is 1. The van der Waals surface area contributed by atoms with Crippen LogP contribution in [0.25, 0.3) is 11.3 Å². The number of rotatable bonds is 4. The number of hydrogen-bond acceptors (Lipinski definition) is 4. The lowest BCUT2D eigenvalue weighted by Crippen LogP contribution is -2.11. The molecule has 0 aliphatic heterocycles. The maximum Gasteiger partial charge on any atom is 0.267 e. The second-order valence-electron chi connectivity index (χ2n) is 5.86. The van der Waals surface area contributed by atoms with Gasteiger partial charge in [0.1, 0.15) is 0 Å². The van der Waals surface area contributed by atoms with Crippen molar-refractivity contribution in [3.63, 3.8) is 0 Å². The first kappa shape index (κ1) is 15.8. The molecule has 4 rings (SSSR count). The molecule has 1 fully saturated rings. The number of benzene rings is 1. The van der Waals surface area contributed by atoms with Gasteiger partial charge in [-0.25, -0.2) is 4.98 Å². The molecule has 1 saturated carbocycles. The molecule has 24 heavy (non-hydrogen) atoms. The lowest BCUT2D eigenvalue weighted by Gasteiger charge is -2.02. The number of carbonyl (C=O) groups excluding carboxylic acids is 1. The molecule has 1 N–H and O–H groups in total. The summed E-state index contributed by atoms with van der Waals surface area (Å²) in [4.78, 5) is 19.1. The van der Waals surface area contributed by atoms with Crippen LogP contribution in [0.2, 0.25) is 5.02 Å². The number of halogens is 1. The van der Waals surface area contributed by atoms with E-state index in [1.165, 1.54) is 41.1 Å². The van der Waals surface area contributed by atoms with Crippen LogP contribution in [-0.2, 0) is 0 Å². The normalized spacial score (nSPS) is 13.9. The Balaban J connectivity index is 1.57. The molecule has 0 unspecified atom stereocenters. The van der Waals surface area contributed by atoms with Gasteiger partial charge in [-0.05, 0) is 54.8 Å². The molecule has 0 spiro atoms. The third kappa shape index (κ3) is 3.11. The van der Waals surface area contributed by atoms with Crippen molar-refractivity contribution in [3.05, 3.63) is 56.1 Å². The number of thiazole rings is 1. The summed E-state index contributed by atoms with van der Waals surface area (Å²) in [6.07, 6.45) is 2.38. The second-order valence-corrected chi connectivity index (χ2v) is 8.42. The minimum atomic E-state index is -0.0525. The quantitative estimate of drug-likeness (QED) is 0.611. The fourth-order valence-electron chi connectivity index (χ4n) is 2.70. The smallest absolute Gasteiger partial charge is 0.267 e. The van der Waals surface area contributed by atoms with E-state index in [0.717, 1.165) is 21.0 Å². The Hall–Kier alpha value is -1.69. The fraction of sp³-hybridized carbons (Fsp3) is 0.222. The van der Waals surface area contributed by atoms with Gasteiger partial charge in [-0.15, -0.1) is 22.7 Å². The Kier molecular flexibility index (Phi) is 4.16. The molecule has 1 aliphatic rings. The molecule has 2 aromatic heterocycles. The van der Waals surface area contributed by atoms with Crippen molar-refractivity contribution in [2.24, 2.45) is 0 Å². The van der Waals surface area contributed by atoms with Gasteiger partial charge >= 0.3 is 0 Å². The third-order valence-electron chi connectivity index (χ3n) is 4.05. The highest BCUT2D eigenvalue weighted by Gasteiger charge is 2.29. The first-order chi connectivity index (χ1) is 11.6. The Morgan fingerprint density at radius 2 is 2.00 bits per heavy atom. The molecule has 0 atom stereocenters. The van der Waals surface area contributed by atoms with Crippen LogP contribution in [0.1, 0.15) is 38.9 Å². The van der Waals surface area contributed by atoms with E-state index >= 15 is 0 Å². The summed E-state index contributed by atoms with van der Waals surface area (Å²) in [5, 5.41) is 6.29. The van der Waals surface area contributed by atoms with Crippen LogP contribution in [0.15, 0.2) is 35.7 Å². The monoisotopic (exact) mass is 374 g/mol. The summed E-state index contributed by atoms with van der Waals surface area (Å²) in [7, 11) is 0. The van der Waals surface area contributed by atoms with Crippen LogP contribution < -0.4 is 5.32 Å². The molecule has 122 valence electrons. The van der Waals surface area contributed by atoms with Crippen LogP contribution in [0.3, 0.4) is 0 Å². The number of anilines is 1. The van der Waals surface area contributed by atoms with Gasteiger partial charge in [-0.2, -0.15) is 0 Å². The zero-order chi connectivity index (χ0) is 16.7. The van der Waals surface area contributed by atoms with E-state index in [9.17, 15) is 4.79 Å². The van der Waals surface area contributed by atoms with Crippen molar-refractivity contribution in [3.8, 4) is 11.3 Å². The Morgan fingerprint density at radius 3 is 2.71 bits per heavy atom. The topological polar surface area (TPSA) is 42.0 Å². The van der Waals surface area contributed by atoms with Gasteiger partial charge in [-0.1, -0.05) is 23.7 Å². The number of carbonyl (C=O) groups is 1. The molecule has 2 heterocycles. The van der Waals surface area contributed by atoms with Gasteiger partial charge in [0.2, 0.25) is 0 Å². The molecule has 1 amide bonds. The van der Waals surface area contributed by atoms with Crippen LogP contribution in [0.4, 0.5) is 5.13 Å². The first-order valence-corrected chi connectivity index (χ1v) is 9.81. The summed E-state index contributed by atoms with van der Waals surface area (Å²) in [6, 6.07) is 9.66. The van der Waals surface area contributed by atoms with Crippen LogP contribution in [-0.4, -0.2) is 10.9 Å². The molecule has 0 radical (unpaired) electrons. The highest BCUT2D eigenvalue weighted by molar-refractivity contribution is 7.16. The van der Waals surface area contributed by atoms with Gasteiger partial charge in [0, 0.05) is 15.5 Å². The summed E-state index contributed by atoms with van der Waals surface area (Å²) < 4.78 is 0. The van der Waals surface area contributed by atoms with Crippen LogP contribution in [0.5, 0.6) is 0 Å².